The van der Waals surface area contributed by atoms with Crippen LogP contribution in [0.5, 0.6) is 0 Å². The molecule has 27 heavy (non-hydrogen) atoms. The maximum absolute atomic E-state index is 12.1. The van der Waals surface area contributed by atoms with Crippen molar-refractivity contribution in [1.82, 2.24) is 0 Å². The number of carbonyl (C=O) groups is 3. The van der Waals surface area contributed by atoms with Gasteiger partial charge < -0.3 is 15.6 Å². The predicted molar refractivity (Wildman–Crippen MR) is 92.8 cm³/mol. The molecule has 0 spiro atoms. The van der Waals surface area contributed by atoms with Crippen LogP contribution in [0.3, 0.4) is 0 Å². The third-order valence-corrected chi connectivity index (χ3v) is 3.71. The quantitative estimate of drug-likeness (QED) is 0.0974. The van der Waals surface area contributed by atoms with Crippen LogP contribution in [0.2, 0.25) is 0 Å². The molecular weight excluding hydrogens is 391 g/mol. The van der Waals surface area contributed by atoms with Crippen LogP contribution in [0.15, 0.2) is 24.3 Å². The number of hydrogen-bond acceptors (Lipinski definition) is 8. The molecule has 1 N–H and O–H groups in total. The summed E-state index contributed by atoms with van der Waals surface area (Å²) in [5, 5.41) is 0. The zero-order chi connectivity index (χ0) is 20.3. The zero-order valence-corrected chi connectivity index (χ0v) is 18.7. The minimum absolute atomic E-state index is 0. The van der Waals surface area contributed by atoms with Gasteiger partial charge in [0.2, 0.25) is 0 Å². The molecule has 0 saturated carbocycles. The van der Waals surface area contributed by atoms with Gasteiger partial charge in [-0.15, -0.1) is 0 Å². The van der Waals surface area contributed by atoms with Crippen LogP contribution in [0.25, 0.3) is 0 Å². The smallest absolute Gasteiger partial charge is 1.00 e. The number of rotatable bonds is 12. The summed E-state index contributed by atoms with van der Waals surface area (Å²) in [6.07, 6.45) is 0.307. The molecule has 0 aromatic heterocycles. The van der Waals surface area contributed by atoms with E-state index in [4.69, 9.17) is 18.8 Å². The van der Waals surface area contributed by atoms with Crippen molar-refractivity contribution >= 4 is 28.0 Å². The van der Waals surface area contributed by atoms with Crippen molar-refractivity contribution in [2.75, 3.05) is 25.6 Å². The second-order valence-electron chi connectivity index (χ2n) is 5.62. The Balaban J connectivity index is -0.00000312. The molecule has 0 aliphatic rings. The van der Waals surface area contributed by atoms with Crippen LogP contribution in [-0.4, -0.2) is 56.5 Å². The first-order valence-electron chi connectivity index (χ1n) is 7.71. The predicted octanol–water partition coefficient (Wildman–Crippen LogP) is -1.83. The molecule has 11 heteroatoms. The average Bonchev–Trinajstić information content (AvgIpc) is 2.52. The summed E-state index contributed by atoms with van der Waals surface area (Å²) in [5.41, 5.74) is 0.280. The van der Waals surface area contributed by atoms with E-state index in [0.29, 0.717) is 0 Å². The van der Waals surface area contributed by atoms with Crippen molar-refractivity contribution in [3.63, 3.8) is 0 Å². The number of ether oxygens (including phenoxy) is 3. The van der Waals surface area contributed by atoms with Crippen LogP contribution in [0, 0.1) is 5.92 Å². The molecule has 0 radical (unpaired) electrons. The molecule has 9 nitrogen and oxygen atoms in total. The fraction of sp³-hybridized carbons (Fsp3) is 0.562. The molecule has 0 aliphatic heterocycles. The van der Waals surface area contributed by atoms with Crippen LogP contribution in [0.4, 0.5) is 0 Å². The van der Waals surface area contributed by atoms with E-state index in [2.05, 4.69) is 13.2 Å². The summed E-state index contributed by atoms with van der Waals surface area (Å²) >= 11 is 0. The van der Waals surface area contributed by atoms with Crippen molar-refractivity contribution in [1.29, 1.82) is 0 Å². The van der Waals surface area contributed by atoms with Crippen LogP contribution < -0.4 is 29.6 Å². The Morgan fingerprint density at radius 1 is 0.963 bits per heavy atom. The molecule has 0 aromatic carbocycles. The summed E-state index contributed by atoms with van der Waals surface area (Å²) < 4.78 is 44.5. The van der Waals surface area contributed by atoms with Gasteiger partial charge in [-0.3, -0.25) is 9.35 Å². The summed E-state index contributed by atoms with van der Waals surface area (Å²) in [5.74, 6) is -3.69. The molecule has 0 unspecified atom stereocenters. The molecule has 150 valence electrons. The summed E-state index contributed by atoms with van der Waals surface area (Å²) in [4.78, 5) is 34.9. The standard InChI is InChI=1S/C16H24O9S.Na.H/c1-11(2)14(17)24-9-13(10-25-15(18)12(3)4)16(19)23-7-5-6-8-26(20,21)22;;/h13H,1,3,5-10H2,2,4H3,(H,20,21,22);;/q;+1;-1. The minimum Gasteiger partial charge on any atom is -1.00 e. The molecule has 0 aliphatic carbocycles. The fourth-order valence-electron chi connectivity index (χ4n) is 1.46. The molecule has 0 atom stereocenters. The van der Waals surface area contributed by atoms with E-state index < -0.39 is 39.7 Å². The van der Waals surface area contributed by atoms with Gasteiger partial charge in [0.05, 0.1) is 12.4 Å². The Kier molecular flexibility index (Phi) is 14.4. The van der Waals surface area contributed by atoms with Crippen LogP contribution >= 0.6 is 0 Å². The maximum Gasteiger partial charge on any atom is 1.00 e. The number of esters is 3. The molecule has 0 aromatic rings. The van der Waals surface area contributed by atoms with E-state index in [-0.39, 0.29) is 74.8 Å². The van der Waals surface area contributed by atoms with Crippen LogP contribution in [-0.2, 0) is 38.7 Å². The second-order valence-corrected chi connectivity index (χ2v) is 7.19. The number of hydrogen-bond donors (Lipinski definition) is 1. The van der Waals surface area contributed by atoms with Gasteiger partial charge in [-0.2, -0.15) is 8.42 Å². The molecule has 0 saturated heterocycles. The van der Waals surface area contributed by atoms with Crippen molar-refractivity contribution in [3.8, 4) is 0 Å². The molecule has 0 rings (SSSR count). The topological polar surface area (TPSA) is 133 Å². The molecule has 0 heterocycles. The monoisotopic (exact) mass is 416 g/mol. The molecule has 0 bridgehead atoms. The third kappa shape index (κ3) is 14.5. The van der Waals surface area contributed by atoms with Gasteiger partial charge in [0.1, 0.15) is 19.1 Å². The van der Waals surface area contributed by atoms with E-state index in [9.17, 15) is 22.8 Å². The van der Waals surface area contributed by atoms with Gasteiger partial charge in [0.25, 0.3) is 10.1 Å². The first kappa shape index (κ1) is 28.0. The summed E-state index contributed by atoms with van der Waals surface area (Å²) in [7, 11) is -4.07. The van der Waals surface area contributed by atoms with Gasteiger partial charge in [-0.1, -0.05) is 13.2 Å². The largest absolute Gasteiger partial charge is 1.00 e. The normalized spacial score (nSPS) is 10.5. The van der Waals surface area contributed by atoms with E-state index in [1.54, 1.807) is 0 Å². The van der Waals surface area contributed by atoms with Crippen molar-refractivity contribution < 1.29 is 72.5 Å². The molecular formula is C16H25NaO9S. The molecule has 0 amide bonds. The second kappa shape index (κ2) is 13.9. The van der Waals surface area contributed by atoms with E-state index in [1.807, 2.05) is 0 Å². The van der Waals surface area contributed by atoms with Gasteiger partial charge in [0.15, 0.2) is 0 Å². The Labute approximate surface area is 182 Å². The summed E-state index contributed by atoms with van der Waals surface area (Å²) in [6.45, 7) is 8.83. The van der Waals surface area contributed by atoms with Gasteiger partial charge >= 0.3 is 47.5 Å². The van der Waals surface area contributed by atoms with Crippen molar-refractivity contribution in [2.24, 2.45) is 5.92 Å². The maximum atomic E-state index is 12.1. The SMILES string of the molecule is C=C(C)C(=O)OCC(COC(=O)C(=C)C)C(=O)OCCCCS(=O)(=O)O.[H-].[Na+]. The summed E-state index contributed by atoms with van der Waals surface area (Å²) in [6, 6.07) is 0. The minimum atomic E-state index is -4.07. The van der Waals surface area contributed by atoms with Gasteiger partial charge in [0, 0.05) is 11.1 Å². The van der Waals surface area contributed by atoms with Crippen LogP contribution in [0.1, 0.15) is 28.1 Å². The van der Waals surface area contributed by atoms with Crippen molar-refractivity contribution in [3.05, 3.63) is 24.3 Å². The fourth-order valence-corrected chi connectivity index (χ4v) is 2.03. The number of unbranched alkanes of at least 4 members (excludes halogenated alkanes) is 1. The van der Waals surface area contributed by atoms with E-state index >= 15 is 0 Å². The third-order valence-electron chi connectivity index (χ3n) is 2.90. The van der Waals surface area contributed by atoms with E-state index in [0.717, 1.165) is 0 Å². The Hall–Kier alpha value is -1.20. The van der Waals surface area contributed by atoms with E-state index in [1.165, 1.54) is 13.8 Å². The Morgan fingerprint density at radius 2 is 1.41 bits per heavy atom. The van der Waals surface area contributed by atoms with Gasteiger partial charge in [-0.25, -0.2) is 9.59 Å². The Bertz CT molecular complexity index is 631. The number of carbonyl (C=O) groups excluding carboxylic acids is 3. The van der Waals surface area contributed by atoms with Crippen molar-refractivity contribution in [2.45, 2.75) is 26.7 Å². The zero-order valence-electron chi connectivity index (χ0n) is 16.9. The molecule has 0 fully saturated rings. The Morgan fingerprint density at radius 3 is 1.78 bits per heavy atom. The first-order valence-corrected chi connectivity index (χ1v) is 9.32. The average molecular weight is 416 g/mol. The first-order chi connectivity index (χ1) is 11.9. The van der Waals surface area contributed by atoms with Gasteiger partial charge in [-0.05, 0) is 26.7 Å².